The van der Waals surface area contributed by atoms with Crippen LogP contribution in [0, 0.1) is 0 Å². The fourth-order valence-electron chi connectivity index (χ4n) is 2.56. The molecule has 2 aromatic carbocycles. The van der Waals surface area contributed by atoms with Crippen LogP contribution >= 0.6 is 11.3 Å². The van der Waals surface area contributed by atoms with E-state index in [0.29, 0.717) is 0 Å². The molecule has 0 saturated heterocycles. The van der Waals surface area contributed by atoms with Crippen LogP contribution in [0.15, 0.2) is 48.5 Å². The van der Waals surface area contributed by atoms with Crippen LogP contribution in [0.5, 0.6) is 5.75 Å². The maximum absolute atomic E-state index is 12.2. The fourth-order valence-corrected chi connectivity index (χ4v) is 3.47. The Labute approximate surface area is 179 Å². The van der Waals surface area contributed by atoms with Crippen molar-refractivity contribution in [3.05, 3.63) is 53.5 Å². The smallest absolute Gasteiger partial charge is 0.406 e. The molecule has 3 rings (SSSR count). The van der Waals surface area contributed by atoms with E-state index in [4.69, 9.17) is 4.74 Å². The highest BCUT2D eigenvalue weighted by atomic mass is 32.1. The molecular formula is C20H18F3N3O4S. The number of nitrogens with one attached hydrogen (secondary N) is 1. The summed E-state index contributed by atoms with van der Waals surface area (Å²) in [5, 5.41) is 3.24. The van der Waals surface area contributed by atoms with Crippen LogP contribution in [0.3, 0.4) is 0 Å². The highest BCUT2D eigenvalue weighted by molar-refractivity contribution is 7.18. The average Bonchev–Trinajstić information content (AvgIpc) is 3.11. The number of para-hydroxylation sites is 1. The molecule has 0 aliphatic carbocycles. The Morgan fingerprint density at radius 1 is 1.13 bits per heavy atom. The maximum atomic E-state index is 12.2. The zero-order valence-corrected chi connectivity index (χ0v) is 17.1. The van der Waals surface area contributed by atoms with Gasteiger partial charge in [0.25, 0.3) is 0 Å². The molecule has 0 radical (unpaired) electrons. The number of thiazole rings is 1. The minimum Gasteiger partial charge on any atom is -0.406 e. The van der Waals surface area contributed by atoms with Gasteiger partial charge in [0, 0.05) is 12.7 Å². The summed E-state index contributed by atoms with van der Waals surface area (Å²) in [6.07, 6.45) is -4.79. The summed E-state index contributed by atoms with van der Waals surface area (Å²) in [6.45, 7) is -0.287. The quantitative estimate of drug-likeness (QED) is 0.561. The number of alkyl halides is 3. The first kappa shape index (κ1) is 22.5. The molecule has 0 unspecified atom stereocenters. The van der Waals surface area contributed by atoms with Gasteiger partial charge in [0.15, 0.2) is 0 Å². The maximum Gasteiger partial charge on any atom is 0.573 e. The molecule has 2 amide bonds. The number of fused-ring (bicyclic) bond motifs is 1. The van der Waals surface area contributed by atoms with E-state index in [1.54, 1.807) is 0 Å². The molecule has 3 aromatic rings. The van der Waals surface area contributed by atoms with Crippen LogP contribution in [0.25, 0.3) is 10.2 Å². The molecule has 7 nitrogen and oxygen atoms in total. The van der Waals surface area contributed by atoms with Gasteiger partial charge in [0.1, 0.15) is 17.4 Å². The molecule has 164 valence electrons. The molecule has 1 aromatic heterocycles. The second-order valence-corrected chi connectivity index (χ2v) is 7.55. The van der Waals surface area contributed by atoms with Gasteiger partial charge in [-0.05, 0) is 36.4 Å². The predicted octanol–water partition coefficient (Wildman–Crippen LogP) is 3.81. The summed E-state index contributed by atoms with van der Waals surface area (Å²) in [4.78, 5) is 29.8. The lowest BCUT2D eigenvalue weighted by molar-refractivity contribution is -0.274. The zero-order valence-electron chi connectivity index (χ0n) is 16.3. The first-order chi connectivity index (χ1) is 14.7. The molecule has 31 heavy (non-hydrogen) atoms. The van der Waals surface area contributed by atoms with E-state index in [2.05, 4.69) is 15.0 Å². The predicted molar refractivity (Wildman–Crippen MR) is 109 cm³/mol. The Bertz CT molecular complexity index is 1020. The minimum absolute atomic E-state index is 0.178. The number of benzene rings is 2. The van der Waals surface area contributed by atoms with Crippen molar-refractivity contribution in [3.8, 4) is 5.75 Å². The van der Waals surface area contributed by atoms with Crippen LogP contribution in [0.4, 0.5) is 18.9 Å². The monoisotopic (exact) mass is 453 g/mol. The summed E-state index contributed by atoms with van der Waals surface area (Å²) in [5.41, 5.74) is 1.14. The lowest BCUT2D eigenvalue weighted by Gasteiger charge is -2.17. The number of carbonyl (C=O) groups is 2. The Hall–Kier alpha value is -3.18. The Kier molecular flexibility index (Phi) is 7.08. The third-order valence-electron chi connectivity index (χ3n) is 3.97. The third-order valence-corrected chi connectivity index (χ3v) is 4.98. The molecular weight excluding hydrogens is 435 g/mol. The first-order valence-electron chi connectivity index (χ1n) is 9.01. The highest BCUT2D eigenvalue weighted by Gasteiger charge is 2.31. The van der Waals surface area contributed by atoms with Crippen molar-refractivity contribution < 1.29 is 32.2 Å². The number of aromatic nitrogens is 1. The average molecular weight is 453 g/mol. The molecule has 0 atom stereocenters. The van der Waals surface area contributed by atoms with Gasteiger partial charge in [-0.3, -0.25) is 9.59 Å². The largest absolute Gasteiger partial charge is 0.573 e. The minimum atomic E-state index is -4.79. The molecule has 1 N–H and O–H groups in total. The van der Waals surface area contributed by atoms with Crippen molar-refractivity contribution in [1.29, 1.82) is 0 Å². The summed E-state index contributed by atoms with van der Waals surface area (Å²) in [7, 11) is 1.45. The van der Waals surface area contributed by atoms with E-state index in [9.17, 15) is 22.8 Å². The summed E-state index contributed by atoms with van der Waals surface area (Å²) >= 11 is 1.48. The van der Waals surface area contributed by atoms with Gasteiger partial charge in [-0.15, -0.1) is 24.5 Å². The number of hydrogen-bond donors (Lipinski definition) is 1. The zero-order chi connectivity index (χ0) is 22.4. The number of ether oxygens (including phenoxy) is 2. The van der Waals surface area contributed by atoms with Crippen LogP contribution in [0.1, 0.15) is 5.01 Å². The van der Waals surface area contributed by atoms with Gasteiger partial charge in [0.05, 0.1) is 23.4 Å². The molecule has 0 aliphatic heterocycles. The van der Waals surface area contributed by atoms with E-state index in [0.717, 1.165) is 27.4 Å². The number of hydrogen-bond acceptors (Lipinski definition) is 6. The Morgan fingerprint density at radius 3 is 2.52 bits per heavy atom. The second-order valence-electron chi connectivity index (χ2n) is 6.44. The van der Waals surface area contributed by atoms with Gasteiger partial charge >= 0.3 is 6.36 Å². The number of anilines is 1. The number of nitrogens with zero attached hydrogens (tertiary/aromatic N) is 2. The molecule has 11 heteroatoms. The van der Waals surface area contributed by atoms with Crippen molar-refractivity contribution in [3.63, 3.8) is 0 Å². The van der Waals surface area contributed by atoms with Gasteiger partial charge < -0.3 is 19.7 Å². The van der Waals surface area contributed by atoms with Crippen LogP contribution in [-0.4, -0.2) is 48.3 Å². The topological polar surface area (TPSA) is 80.8 Å². The number of rotatable bonds is 8. The third kappa shape index (κ3) is 6.93. The van der Waals surface area contributed by atoms with Crippen molar-refractivity contribution in [1.82, 2.24) is 9.88 Å². The number of amides is 2. The number of carbonyl (C=O) groups excluding carboxylic acids is 2. The number of halogens is 3. The van der Waals surface area contributed by atoms with Crippen molar-refractivity contribution in [2.75, 3.05) is 25.5 Å². The normalized spacial score (nSPS) is 11.4. The second kappa shape index (κ2) is 9.75. The number of likely N-dealkylation sites (N-methyl/N-ethyl adjacent to an activating group) is 1. The van der Waals surface area contributed by atoms with Crippen molar-refractivity contribution >= 4 is 39.1 Å². The van der Waals surface area contributed by atoms with Gasteiger partial charge in [0.2, 0.25) is 11.8 Å². The first-order valence-corrected chi connectivity index (χ1v) is 9.83. The summed E-state index contributed by atoms with van der Waals surface area (Å²) in [5.74, 6) is -1.31. The lowest BCUT2D eigenvalue weighted by Crippen LogP contribution is -2.37. The van der Waals surface area contributed by atoms with E-state index in [1.807, 2.05) is 24.3 Å². The fraction of sp³-hybridized carbons (Fsp3) is 0.250. The Balaban J connectivity index is 1.41. The molecule has 1 heterocycles. The van der Waals surface area contributed by atoms with Gasteiger partial charge in [-0.2, -0.15) is 0 Å². The summed E-state index contributed by atoms with van der Waals surface area (Å²) in [6, 6.07) is 12.3. The van der Waals surface area contributed by atoms with E-state index in [1.165, 1.54) is 35.4 Å². The standard InChI is InChI=1S/C20H18F3N3O4S/c1-26(10-17(27)24-13-6-8-14(9-7-13)30-20(21,22)23)19(28)12-29-11-18-25-15-4-2-3-5-16(15)31-18/h2-9H,10-12H2,1H3,(H,24,27). The molecule has 0 spiro atoms. The van der Waals surface area contributed by atoms with Crippen LogP contribution < -0.4 is 10.1 Å². The SMILES string of the molecule is CN(CC(=O)Nc1ccc(OC(F)(F)F)cc1)C(=O)COCc1nc2ccccc2s1. The van der Waals surface area contributed by atoms with E-state index in [-0.39, 0.29) is 25.4 Å². The highest BCUT2D eigenvalue weighted by Crippen LogP contribution is 2.24. The van der Waals surface area contributed by atoms with Crippen molar-refractivity contribution in [2.45, 2.75) is 13.0 Å². The lowest BCUT2D eigenvalue weighted by atomic mass is 10.3. The van der Waals surface area contributed by atoms with Gasteiger partial charge in [-0.25, -0.2) is 4.98 Å². The molecule has 0 fully saturated rings. The molecule has 0 saturated carbocycles. The molecule has 0 aliphatic rings. The Morgan fingerprint density at radius 2 is 1.84 bits per heavy atom. The van der Waals surface area contributed by atoms with Crippen molar-refractivity contribution in [2.24, 2.45) is 0 Å². The molecule has 0 bridgehead atoms. The van der Waals surface area contributed by atoms with Crippen LogP contribution in [0.2, 0.25) is 0 Å². The van der Waals surface area contributed by atoms with Crippen LogP contribution in [-0.2, 0) is 20.9 Å². The van der Waals surface area contributed by atoms with E-state index < -0.39 is 23.9 Å². The summed E-state index contributed by atoms with van der Waals surface area (Å²) < 4.78 is 46.7. The van der Waals surface area contributed by atoms with E-state index >= 15 is 0 Å². The van der Waals surface area contributed by atoms with Gasteiger partial charge in [-0.1, -0.05) is 12.1 Å².